The number of nitrogens with one attached hydrogen (secondary N) is 1. The Bertz CT molecular complexity index is 505. The minimum absolute atomic E-state index is 0.00959. The highest BCUT2D eigenvalue weighted by Crippen LogP contribution is 2.19. The Labute approximate surface area is 116 Å². The maximum atomic E-state index is 11.8. The van der Waals surface area contributed by atoms with E-state index in [0.717, 1.165) is 12.0 Å². The van der Waals surface area contributed by atoms with Crippen LogP contribution in [0.4, 0.5) is 10.5 Å². The predicted molar refractivity (Wildman–Crippen MR) is 72.4 cm³/mol. The maximum absolute atomic E-state index is 11.8. The molecule has 5 nitrogen and oxygen atoms in total. The predicted octanol–water partition coefficient (Wildman–Crippen LogP) is 2.43. The number of halogens is 1. The van der Waals surface area contributed by atoms with Gasteiger partial charge in [-0.3, -0.25) is 9.69 Å². The molecular formula is C13H15ClN2O3. The maximum Gasteiger partial charge on any atom is 0.410 e. The number of ether oxygens (including phenoxy) is 1. The van der Waals surface area contributed by atoms with Crippen molar-refractivity contribution in [2.75, 3.05) is 25.0 Å². The van der Waals surface area contributed by atoms with Crippen LogP contribution in [0.3, 0.4) is 0 Å². The highest BCUT2D eigenvalue weighted by Gasteiger charge is 2.21. The number of benzene rings is 1. The third-order valence-electron chi connectivity index (χ3n) is 2.85. The van der Waals surface area contributed by atoms with Crippen LogP contribution in [0.1, 0.15) is 12.0 Å². The fourth-order valence-corrected chi connectivity index (χ4v) is 1.97. The number of rotatable bonds is 3. The lowest BCUT2D eigenvalue weighted by Gasteiger charge is -2.25. The summed E-state index contributed by atoms with van der Waals surface area (Å²) >= 11 is 5.98. The van der Waals surface area contributed by atoms with Crippen LogP contribution in [-0.2, 0) is 9.53 Å². The zero-order valence-electron chi connectivity index (χ0n) is 10.6. The first-order valence-corrected chi connectivity index (χ1v) is 6.42. The monoisotopic (exact) mass is 282 g/mol. The number of amides is 2. The SMILES string of the molecule is Cc1ccc(NC(=O)CN2CCCOC2=O)cc1Cl. The topological polar surface area (TPSA) is 58.6 Å². The molecule has 0 aromatic heterocycles. The number of anilines is 1. The Morgan fingerprint density at radius 2 is 2.32 bits per heavy atom. The summed E-state index contributed by atoms with van der Waals surface area (Å²) in [7, 11) is 0. The molecule has 0 bridgehead atoms. The van der Waals surface area contributed by atoms with E-state index >= 15 is 0 Å². The molecule has 1 heterocycles. The first kappa shape index (κ1) is 13.7. The minimum atomic E-state index is -0.441. The Balaban J connectivity index is 1.93. The lowest BCUT2D eigenvalue weighted by Crippen LogP contribution is -2.42. The largest absolute Gasteiger partial charge is 0.449 e. The molecule has 0 unspecified atom stereocenters. The third kappa shape index (κ3) is 3.61. The van der Waals surface area contributed by atoms with Crippen molar-refractivity contribution >= 4 is 29.3 Å². The van der Waals surface area contributed by atoms with Crippen molar-refractivity contribution in [3.8, 4) is 0 Å². The molecule has 6 heteroatoms. The number of hydrogen-bond donors (Lipinski definition) is 1. The smallest absolute Gasteiger partial charge is 0.410 e. The van der Waals surface area contributed by atoms with Gasteiger partial charge in [0.05, 0.1) is 6.61 Å². The van der Waals surface area contributed by atoms with Crippen LogP contribution >= 0.6 is 11.6 Å². The molecule has 1 aliphatic rings. The van der Waals surface area contributed by atoms with Crippen molar-refractivity contribution in [3.05, 3.63) is 28.8 Å². The van der Waals surface area contributed by atoms with E-state index in [9.17, 15) is 9.59 Å². The summed E-state index contributed by atoms with van der Waals surface area (Å²) in [5.74, 6) is -0.265. The van der Waals surface area contributed by atoms with Crippen LogP contribution in [0.15, 0.2) is 18.2 Å². The molecule has 1 saturated heterocycles. The van der Waals surface area contributed by atoms with Crippen molar-refractivity contribution in [1.29, 1.82) is 0 Å². The molecule has 19 heavy (non-hydrogen) atoms. The van der Waals surface area contributed by atoms with Gasteiger partial charge in [-0.2, -0.15) is 0 Å². The fraction of sp³-hybridized carbons (Fsp3) is 0.385. The van der Waals surface area contributed by atoms with Crippen molar-refractivity contribution in [2.45, 2.75) is 13.3 Å². The highest BCUT2D eigenvalue weighted by atomic mass is 35.5. The molecule has 0 saturated carbocycles. The van der Waals surface area contributed by atoms with E-state index in [4.69, 9.17) is 16.3 Å². The second kappa shape index (κ2) is 5.93. The van der Waals surface area contributed by atoms with Gasteiger partial charge in [0.25, 0.3) is 0 Å². The quantitative estimate of drug-likeness (QED) is 0.926. The van der Waals surface area contributed by atoms with Gasteiger partial charge in [0.1, 0.15) is 6.54 Å². The Kier molecular flexibility index (Phi) is 4.27. The molecule has 1 aliphatic heterocycles. The summed E-state index contributed by atoms with van der Waals surface area (Å²) in [5.41, 5.74) is 1.56. The first-order valence-electron chi connectivity index (χ1n) is 6.04. The van der Waals surface area contributed by atoms with E-state index in [1.54, 1.807) is 12.1 Å². The molecule has 102 valence electrons. The molecule has 0 aliphatic carbocycles. The number of carbonyl (C=O) groups is 2. The van der Waals surface area contributed by atoms with Gasteiger partial charge in [-0.05, 0) is 31.0 Å². The van der Waals surface area contributed by atoms with Crippen LogP contribution in [0, 0.1) is 6.92 Å². The summed E-state index contributed by atoms with van der Waals surface area (Å²) in [5, 5.41) is 3.30. The van der Waals surface area contributed by atoms with E-state index in [1.165, 1.54) is 4.90 Å². The summed E-state index contributed by atoms with van der Waals surface area (Å²) in [4.78, 5) is 24.6. The van der Waals surface area contributed by atoms with E-state index < -0.39 is 6.09 Å². The summed E-state index contributed by atoms with van der Waals surface area (Å²) in [6.07, 6.45) is 0.304. The molecule has 0 atom stereocenters. The molecule has 2 amide bonds. The van der Waals surface area contributed by atoms with Gasteiger partial charge in [0.15, 0.2) is 0 Å². The van der Waals surface area contributed by atoms with Gasteiger partial charge in [0.2, 0.25) is 5.91 Å². The number of aryl methyl sites for hydroxylation is 1. The minimum Gasteiger partial charge on any atom is -0.449 e. The van der Waals surface area contributed by atoms with E-state index in [-0.39, 0.29) is 12.5 Å². The second-order valence-electron chi connectivity index (χ2n) is 4.40. The molecule has 1 aromatic carbocycles. The lowest BCUT2D eigenvalue weighted by molar-refractivity contribution is -0.117. The standard InChI is InChI=1S/C13H15ClN2O3/c1-9-3-4-10(7-11(9)14)15-12(17)8-16-5-2-6-19-13(16)18/h3-4,7H,2,5-6,8H2,1H3,(H,15,17). The van der Waals surface area contributed by atoms with Gasteiger partial charge in [0, 0.05) is 17.3 Å². The molecule has 1 N–H and O–H groups in total. The van der Waals surface area contributed by atoms with Gasteiger partial charge in [-0.15, -0.1) is 0 Å². The van der Waals surface area contributed by atoms with Gasteiger partial charge < -0.3 is 10.1 Å². The molecule has 1 aromatic rings. The molecular weight excluding hydrogens is 268 g/mol. The second-order valence-corrected chi connectivity index (χ2v) is 4.81. The van der Waals surface area contributed by atoms with Gasteiger partial charge in [-0.1, -0.05) is 17.7 Å². The summed E-state index contributed by atoms with van der Waals surface area (Å²) < 4.78 is 4.86. The molecule has 0 spiro atoms. The Morgan fingerprint density at radius 1 is 1.53 bits per heavy atom. The van der Waals surface area contributed by atoms with E-state index in [1.807, 2.05) is 13.0 Å². The zero-order chi connectivity index (χ0) is 13.8. The normalized spacial score (nSPS) is 15.1. The highest BCUT2D eigenvalue weighted by molar-refractivity contribution is 6.31. The molecule has 1 fully saturated rings. The first-order chi connectivity index (χ1) is 9.06. The average Bonchev–Trinajstić information content (AvgIpc) is 2.37. The van der Waals surface area contributed by atoms with E-state index in [0.29, 0.717) is 23.9 Å². The van der Waals surface area contributed by atoms with Crippen LogP contribution in [0.5, 0.6) is 0 Å². The molecule has 0 radical (unpaired) electrons. The average molecular weight is 283 g/mol. The van der Waals surface area contributed by atoms with Crippen molar-refractivity contribution in [2.24, 2.45) is 0 Å². The van der Waals surface area contributed by atoms with Crippen LogP contribution in [0.25, 0.3) is 0 Å². The number of carbonyl (C=O) groups excluding carboxylic acids is 2. The van der Waals surface area contributed by atoms with Crippen molar-refractivity contribution < 1.29 is 14.3 Å². The van der Waals surface area contributed by atoms with Crippen molar-refractivity contribution in [3.63, 3.8) is 0 Å². The lowest BCUT2D eigenvalue weighted by atomic mass is 10.2. The summed E-state index contributed by atoms with van der Waals surface area (Å²) in [6.45, 7) is 2.84. The van der Waals surface area contributed by atoms with E-state index in [2.05, 4.69) is 5.32 Å². The fourth-order valence-electron chi connectivity index (χ4n) is 1.79. The summed E-state index contributed by atoms with van der Waals surface area (Å²) in [6, 6.07) is 5.28. The zero-order valence-corrected chi connectivity index (χ0v) is 11.4. The van der Waals surface area contributed by atoms with Crippen LogP contribution < -0.4 is 5.32 Å². The Hall–Kier alpha value is -1.75. The Morgan fingerprint density at radius 3 is 3.00 bits per heavy atom. The van der Waals surface area contributed by atoms with Gasteiger partial charge in [-0.25, -0.2) is 4.79 Å². The number of cyclic esters (lactones) is 1. The van der Waals surface area contributed by atoms with Crippen LogP contribution in [0.2, 0.25) is 5.02 Å². The van der Waals surface area contributed by atoms with Crippen molar-refractivity contribution in [1.82, 2.24) is 4.90 Å². The number of nitrogens with zero attached hydrogens (tertiary/aromatic N) is 1. The van der Waals surface area contributed by atoms with Gasteiger partial charge >= 0.3 is 6.09 Å². The number of hydrogen-bond acceptors (Lipinski definition) is 3. The third-order valence-corrected chi connectivity index (χ3v) is 3.25. The molecule has 2 rings (SSSR count). The van der Waals surface area contributed by atoms with Crippen LogP contribution in [-0.4, -0.2) is 36.6 Å².